The second-order valence-corrected chi connectivity index (χ2v) is 10.7. The van der Waals surface area contributed by atoms with Crippen molar-refractivity contribution in [2.24, 2.45) is 0 Å². The van der Waals surface area contributed by atoms with Gasteiger partial charge in [0, 0.05) is 18.2 Å². The standard InChI is InChI=1S/C28H27F2N3O4S/c1-3-5-9-25-32-27(34)26(28(35)33(25)24(4-2)19-7-6-8-21(29)14-19)38(36,37)23-12-10-18(11-13-23)20-15-22(30)17-31-16-20/h6-8,10-17,24,34H,3-5,9H2,1-2H3. The average molecular weight is 540 g/mol. The van der Waals surface area contributed by atoms with Gasteiger partial charge in [0.05, 0.1) is 17.1 Å². The van der Waals surface area contributed by atoms with Crippen molar-refractivity contribution in [1.82, 2.24) is 14.5 Å². The monoisotopic (exact) mass is 539 g/mol. The number of aromatic nitrogens is 3. The van der Waals surface area contributed by atoms with Crippen LogP contribution in [0.1, 0.15) is 50.5 Å². The van der Waals surface area contributed by atoms with E-state index in [9.17, 15) is 27.1 Å². The highest BCUT2D eigenvalue weighted by molar-refractivity contribution is 7.91. The number of nitrogens with zero attached hydrogens (tertiary/aromatic N) is 3. The van der Waals surface area contributed by atoms with Crippen molar-refractivity contribution in [3.8, 4) is 17.0 Å². The molecule has 0 bridgehead atoms. The lowest BCUT2D eigenvalue weighted by Gasteiger charge is -2.23. The SMILES string of the molecule is CCCCc1nc(O)c(S(=O)(=O)c2ccc(-c3cncc(F)c3)cc2)c(=O)n1C(CC)c1cccc(F)c1. The van der Waals surface area contributed by atoms with Gasteiger partial charge < -0.3 is 5.11 Å². The predicted octanol–water partition coefficient (Wildman–Crippen LogP) is 5.46. The average Bonchev–Trinajstić information content (AvgIpc) is 2.89. The van der Waals surface area contributed by atoms with Gasteiger partial charge in [-0.15, -0.1) is 0 Å². The summed E-state index contributed by atoms with van der Waals surface area (Å²) < 4.78 is 56.1. The van der Waals surface area contributed by atoms with E-state index in [4.69, 9.17) is 0 Å². The van der Waals surface area contributed by atoms with Crippen molar-refractivity contribution in [3.05, 3.63) is 100 Å². The van der Waals surface area contributed by atoms with E-state index in [1.165, 1.54) is 59.3 Å². The van der Waals surface area contributed by atoms with Crippen LogP contribution in [0.3, 0.4) is 0 Å². The molecule has 0 amide bonds. The number of aromatic hydroxyl groups is 1. The lowest BCUT2D eigenvalue weighted by molar-refractivity contribution is 0.406. The highest BCUT2D eigenvalue weighted by Gasteiger charge is 2.31. The van der Waals surface area contributed by atoms with E-state index >= 15 is 0 Å². The first-order chi connectivity index (χ1) is 18.2. The molecule has 2 aromatic heterocycles. The maximum absolute atomic E-state index is 14.1. The number of benzene rings is 2. The molecule has 0 radical (unpaired) electrons. The van der Waals surface area contributed by atoms with Crippen LogP contribution in [0, 0.1) is 11.6 Å². The van der Waals surface area contributed by atoms with Gasteiger partial charge in [0.25, 0.3) is 5.56 Å². The Labute approximate surface area is 219 Å². The smallest absolute Gasteiger partial charge is 0.277 e. The molecular formula is C28H27F2N3O4S. The largest absolute Gasteiger partial charge is 0.492 e. The molecule has 0 aliphatic heterocycles. The molecule has 38 heavy (non-hydrogen) atoms. The van der Waals surface area contributed by atoms with Gasteiger partial charge in [-0.25, -0.2) is 17.2 Å². The van der Waals surface area contributed by atoms with Crippen LogP contribution < -0.4 is 5.56 Å². The van der Waals surface area contributed by atoms with Crippen LogP contribution in [0.2, 0.25) is 0 Å². The molecule has 2 aromatic carbocycles. The van der Waals surface area contributed by atoms with Gasteiger partial charge in [-0.2, -0.15) is 4.98 Å². The van der Waals surface area contributed by atoms with Crippen molar-refractivity contribution in [3.63, 3.8) is 0 Å². The van der Waals surface area contributed by atoms with Gasteiger partial charge in [0.2, 0.25) is 15.7 Å². The highest BCUT2D eigenvalue weighted by Crippen LogP contribution is 2.30. The Bertz CT molecular complexity index is 1620. The molecule has 0 aliphatic carbocycles. The van der Waals surface area contributed by atoms with Gasteiger partial charge in [0.15, 0.2) is 4.90 Å². The zero-order valence-electron chi connectivity index (χ0n) is 20.9. The van der Waals surface area contributed by atoms with Crippen LogP contribution >= 0.6 is 0 Å². The number of rotatable bonds is 9. The second-order valence-electron chi connectivity index (χ2n) is 8.86. The van der Waals surface area contributed by atoms with Gasteiger partial charge in [-0.1, -0.05) is 44.5 Å². The zero-order chi connectivity index (χ0) is 27.4. The maximum Gasteiger partial charge on any atom is 0.277 e. The molecule has 1 N–H and O–H groups in total. The lowest BCUT2D eigenvalue weighted by Crippen LogP contribution is -2.33. The molecule has 198 valence electrons. The molecule has 4 aromatic rings. The number of pyridine rings is 1. The Morgan fingerprint density at radius 1 is 0.974 bits per heavy atom. The number of hydrogen-bond donors (Lipinski definition) is 1. The normalized spacial score (nSPS) is 12.4. The lowest BCUT2D eigenvalue weighted by atomic mass is 10.0. The molecule has 0 aliphatic rings. The van der Waals surface area contributed by atoms with E-state index < -0.39 is 43.8 Å². The Hall–Kier alpha value is -3.92. The summed E-state index contributed by atoms with van der Waals surface area (Å²) in [7, 11) is -4.51. The molecule has 0 fully saturated rings. The van der Waals surface area contributed by atoms with Crippen LogP contribution in [0.5, 0.6) is 5.88 Å². The fourth-order valence-corrected chi connectivity index (χ4v) is 5.76. The van der Waals surface area contributed by atoms with E-state index in [0.29, 0.717) is 36.0 Å². The third-order valence-corrected chi connectivity index (χ3v) is 8.07. The molecule has 0 saturated heterocycles. The topological polar surface area (TPSA) is 102 Å². The molecule has 1 unspecified atom stereocenters. The van der Waals surface area contributed by atoms with Crippen LogP contribution in [0.25, 0.3) is 11.1 Å². The van der Waals surface area contributed by atoms with Crippen LogP contribution in [0.15, 0.2) is 81.6 Å². The Balaban J connectivity index is 1.86. The number of sulfone groups is 1. The Morgan fingerprint density at radius 3 is 2.34 bits per heavy atom. The zero-order valence-corrected chi connectivity index (χ0v) is 21.8. The van der Waals surface area contributed by atoms with Crippen molar-refractivity contribution < 1.29 is 22.3 Å². The summed E-state index contributed by atoms with van der Waals surface area (Å²) in [6, 6.07) is 11.8. The fraction of sp³-hybridized carbons (Fsp3) is 0.250. The van der Waals surface area contributed by atoms with Crippen molar-refractivity contribution in [1.29, 1.82) is 0 Å². The minimum absolute atomic E-state index is 0.221. The number of unbranched alkanes of at least 4 members (excludes halogenated alkanes) is 1. The summed E-state index contributed by atoms with van der Waals surface area (Å²) in [4.78, 5) is 20.7. The van der Waals surface area contributed by atoms with E-state index in [1.54, 1.807) is 13.0 Å². The fourth-order valence-electron chi connectivity index (χ4n) is 4.41. The van der Waals surface area contributed by atoms with Crippen molar-refractivity contribution >= 4 is 9.84 Å². The first-order valence-corrected chi connectivity index (χ1v) is 13.7. The summed E-state index contributed by atoms with van der Waals surface area (Å²) in [6.07, 6.45) is 4.59. The van der Waals surface area contributed by atoms with Gasteiger partial charge in [-0.05, 0) is 54.3 Å². The quantitative estimate of drug-likeness (QED) is 0.303. The summed E-state index contributed by atoms with van der Waals surface area (Å²) in [5.41, 5.74) is 0.513. The molecule has 2 heterocycles. The predicted molar refractivity (Wildman–Crippen MR) is 139 cm³/mol. The summed E-state index contributed by atoms with van der Waals surface area (Å²) >= 11 is 0. The third kappa shape index (κ3) is 5.35. The summed E-state index contributed by atoms with van der Waals surface area (Å²) in [5.74, 6) is -1.69. The molecule has 4 rings (SSSR count). The summed E-state index contributed by atoms with van der Waals surface area (Å²) in [6.45, 7) is 3.75. The Kier molecular flexibility index (Phi) is 8.01. The van der Waals surface area contributed by atoms with Gasteiger partial charge in [-0.3, -0.25) is 14.3 Å². The summed E-state index contributed by atoms with van der Waals surface area (Å²) in [5, 5.41) is 10.7. The van der Waals surface area contributed by atoms with Crippen LogP contribution in [-0.4, -0.2) is 28.1 Å². The third-order valence-electron chi connectivity index (χ3n) is 6.29. The minimum atomic E-state index is -4.51. The molecule has 10 heteroatoms. The maximum atomic E-state index is 14.1. The van der Waals surface area contributed by atoms with Gasteiger partial charge in [0.1, 0.15) is 17.5 Å². The molecular weight excluding hydrogens is 512 g/mol. The van der Waals surface area contributed by atoms with E-state index in [-0.39, 0.29) is 10.7 Å². The first-order valence-electron chi connectivity index (χ1n) is 12.2. The molecule has 1 atom stereocenters. The highest BCUT2D eigenvalue weighted by atomic mass is 32.2. The number of hydrogen-bond acceptors (Lipinski definition) is 6. The number of halogens is 2. The number of aryl methyl sites for hydroxylation is 1. The van der Waals surface area contributed by atoms with Crippen molar-refractivity contribution in [2.75, 3.05) is 0 Å². The van der Waals surface area contributed by atoms with Crippen LogP contribution in [-0.2, 0) is 16.3 Å². The Morgan fingerprint density at radius 2 is 1.71 bits per heavy atom. The van der Waals surface area contributed by atoms with Crippen molar-refractivity contribution in [2.45, 2.75) is 55.4 Å². The molecule has 7 nitrogen and oxygen atoms in total. The second kappa shape index (κ2) is 11.2. The van der Waals surface area contributed by atoms with Gasteiger partial charge >= 0.3 is 0 Å². The van der Waals surface area contributed by atoms with E-state index in [1.807, 2.05) is 6.92 Å². The van der Waals surface area contributed by atoms with Crippen LogP contribution in [0.4, 0.5) is 8.78 Å². The molecule has 0 saturated carbocycles. The minimum Gasteiger partial charge on any atom is -0.492 e. The van der Waals surface area contributed by atoms with E-state index in [0.717, 1.165) is 12.6 Å². The first kappa shape index (κ1) is 27.1. The van der Waals surface area contributed by atoms with E-state index in [2.05, 4.69) is 9.97 Å². The molecule has 0 spiro atoms.